The Morgan fingerprint density at radius 2 is 2.00 bits per heavy atom. The molecule has 1 N–H and O–H groups in total. The molecule has 0 amide bonds. The van der Waals surface area contributed by atoms with Gasteiger partial charge in [0.1, 0.15) is 0 Å². The van der Waals surface area contributed by atoms with Crippen molar-refractivity contribution >= 4 is 49.2 Å². The molecule has 28 heavy (non-hydrogen) atoms. The summed E-state index contributed by atoms with van der Waals surface area (Å²) in [5.41, 5.74) is 0.571. The van der Waals surface area contributed by atoms with Gasteiger partial charge in [0.25, 0.3) is 0 Å². The first kappa shape index (κ1) is 19.1. The van der Waals surface area contributed by atoms with Crippen molar-refractivity contribution < 1.29 is 13.2 Å². The molecule has 0 aliphatic carbocycles. The highest BCUT2D eigenvalue weighted by Gasteiger charge is 2.29. The van der Waals surface area contributed by atoms with Gasteiger partial charge in [-0.2, -0.15) is 12.7 Å². The fourth-order valence-electron chi connectivity index (χ4n) is 3.27. The summed E-state index contributed by atoms with van der Waals surface area (Å²) in [7, 11) is -2.26. The van der Waals surface area contributed by atoms with Crippen molar-refractivity contribution in [2.75, 3.05) is 25.0 Å². The van der Waals surface area contributed by atoms with Crippen LogP contribution in [0, 0.1) is 0 Å². The molecule has 3 aromatic rings. The average Bonchev–Trinajstić information content (AvgIpc) is 3.16. The van der Waals surface area contributed by atoms with Crippen molar-refractivity contribution in [2.45, 2.75) is 12.5 Å². The van der Waals surface area contributed by atoms with E-state index in [1.807, 2.05) is 0 Å². The molecule has 1 saturated heterocycles. The lowest BCUT2D eigenvalue weighted by Crippen LogP contribution is -2.40. The Kier molecular flexibility index (Phi) is 4.96. The zero-order chi connectivity index (χ0) is 19.9. The third kappa shape index (κ3) is 3.56. The Labute approximate surface area is 167 Å². The van der Waals surface area contributed by atoms with E-state index in [4.69, 9.17) is 16.3 Å². The normalized spacial score (nSPS) is 17.5. The summed E-state index contributed by atoms with van der Waals surface area (Å²) in [4.78, 5) is 17.2. The van der Waals surface area contributed by atoms with E-state index in [-0.39, 0.29) is 11.5 Å². The number of halogens is 1. The van der Waals surface area contributed by atoms with Crippen LogP contribution in [0.2, 0.25) is 5.02 Å². The molecule has 1 aliphatic rings. The zero-order valence-electron chi connectivity index (χ0n) is 15.1. The predicted octanol–water partition coefficient (Wildman–Crippen LogP) is 2.78. The molecular formula is C19H18ClN3O4S. The van der Waals surface area contributed by atoms with E-state index >= 15 is 0 Å². The van der Waals surface area contributed by atoms with Crippen LogP contribution in [0.25, 0.3) is 21.7 Å². The lowest BCUT2D eigenvalue weighted by Gasteiger charge is -2.23. The van der Waals surface area contributed by atoms with E-state index in [9.17, 15) is 13.2 Å². The number of hydrogen-bond donors (Lipinski definition) is 1. The quantitative estimate of drug-likeness (QED) is 0.702. The van der Waals surface area contributed by atoms with Gasteiger partial charge in [-0.3, -0.25) is 14.5 Å². The number of pyridine rings is 1. The van der Waals surface area contributed by atoms with Crippen LogP contribution in [0.3, 0.4) is 0 Å². The molecule has 0 radical (unpaired) electrons. The molecule has 0 spiro atoms. The number of likely N-dealkylation sites (N-methyl/N-ethyl adjacent to an activating group) is 1. The van der Waals surface area contributed by atoms with Gasteiger partial charge in [-0.25, -0.2) is 0 Å². The SMILES string of the molecule is CN([C@@H]1CCOC1)S(=O)(=O)Nc1ccc2ccc3ncc(Cl)cc3c(=O)c2c1. The van der Waals surface area contributed by atoms with E-state index in [0.717, 1.165) is 0 Å². The topological polar surface area (TPSA) is 88.6 Å². The minimum atomic E-state index is -3.78. The maximum atomic E-state index is 13.0. The molecule has 146 valence electrons. The summed E-state index contributed by atoms with van der Waals surface area (Å²) < 4.78 is 34.4. The minimum Gasteiger partial charge on any atom is -0.380 e. The smallest absolute Gasteiger partial charge is 0.301 e. The van der Waals surface area contributed by atoms with E-state index < -0.39 is 10.2 Å². The summed E-state index contributed by atoms with van der Waals surface area (Å²) >= 11 is 5.99. The van der Waals surface area contributed by atoms with Gasteiger partial charge in [0, 0.05) is 30.6 Å². The van der Waals surface area contributed by atoms with Crippen LogP contribution in [0.15, 0.2) is 47.4 Å². The number of aromatic nitrogens is 1. The highest BCUT2D eigenvalue weighted by Crippen LogP contribution is 2.22. The predicted molar refractivity (Wildman–Crippen MR) is 110 cm³/mol. The summed E-state index contributed by atoms with van der Waals surface area (Å²) in [6.07, 6.45) is 2.13. The number of hydrogen-bond acceptors (Lipinski definition) is 5. The molecular weight excluding hydrogens is 402 g/mol. The third-order valence-corrected chi connectivity index (χ3v) is 6.65. The highest BCUT2D eigenvalue weighted by atomic mass is 35.5. The zero-order valence-corrected chi connectivity index (χ0v) is 16.6. The Hall–Kier alpha value is -2.26. The average molecular weight is 420 g/mol. The maximum Gasteiger partial charge on any atom is 0.301 e. The van der Waals surface area contributed by atoms with E-state index in [1.165, 1.54) is 23.6 Å². The van der Waals surface area contributed by atoms with Crippen molar-refractivity contribution in [3.8, 4) is 0 Å². The van der Waals surface area contributed by atoms with Crippen LogP contribution in [0.4, 0.5) is 5.69 Å². The fourth-order valence-corrected chi connectivity index (χ4v) is 4.55. The lowest BCUT2D eigenvalue weighted by molar-refractivity contribution is 0.181. The molecule has 1 aliphatic heterocycles. The van der Waals surface area contributed by atoms with Gasteiger partial charge in [0.15, 0.2) is 5.43 Å². The number of rotatable bonds is 4. The van der Waals surface area contributed by atoms with Crippen molar-refractivity contribution in [1.29, 1.82) is 0 Å². The highest BCUT2D eigenvalue weighted by molar-refractivity contribution is 7.90. The summed E-state index contributed by atoms with van der Waals surface area (Å²) in [6, 6.07) is 9.75. The maximum absolute atomic E-state index is 13.0. The number of nitrogens with zero attached hydrogens (tertiary/aromatic N) is 2. The van der Waals surface area contributed by atoms with Gasteiger partial charge < -0.3 is 4.74 Å². The first-order valence-electron chi connectivity index (χ1n) is 8.71. The van der Waals surface area contributed by atoms with Gasteiger partial charge in [0.05, 0.1) is 28.9 Å². The first-order valence-corrected chi connectivity index (χ1v) is 10.5. The van der Waals surface area contributed by atoms with Crippen molar-refractivity contribution in [1.82, 2.24) is 9.29 Å². The largest absolute Gasteiger partial charge is 0.380 e. The van der Waals surface area contributed by atoms with Crippen molar-refractivity contribution in [3.63, 3.8) is 0 Å². The second-order valence-electron chi connectivity index (χ2n) is 6.69. The Balaban J connectivity index is 1.78. The summed E-state index contributed by atoms with van der Waals surface area (Å²) in [5.74, 6) is 0. The van der Waals surface area contributed by atoms with Gasteiger partial charge in [0.2, 0.25) is 0 Å². The van der Waals surface area contributed by atoms with Gasteiger partial charge in [-0.05, 0) is 36.1 Å². The van der Waals surface area contributed by atoms with E-state index in [0.29, 0.717) is 52.0 Å². The van der Waals surface area contributed by atoms with Crippen molar-refractivity contribution in [3.05, 3.63) is 57.8 Å². The summed E-state index contributed by atoms with van der Waals surface area (Å²) in [6.45, 7) is 0.912. The molecule has 2 aromatic carbocycles. The molecule has 1 fully saturated rings. The number of fused-ring (bicyclic) bond motifs is 2. The number of benzene rings is 1. The van der Waals surface area contributed by atoms with Crippen LogP contribution in [0.1, 0.15) is 6.42 Å². The Morgan fingerprint density at radius 1 is 1.21 bits per heavy atom. The minimum absolute atomic E-state index is 0.206. The van der Waals surface area contributed by atoms with E-state index in [1.54, 1.807) is 30.3 Å². The fraction of sp³-hybridized carbons (Fsp3) is 0.263. The molecule has 1 aromatic heterocycles. The van der Waals surface area contributed by atoms with Crippen molar-refractivity contribution in [2.24, 2.45) is 0 Å². The molecule has 0 unspecified atom stereocenters. The molecule has 9 heteroatoms. The molecule has 0 bridgehead atoms. The van der Waals surface area contributed by atoms with Crippen LogP contribution in [0.5, 0.6) is 0 Å². The Morgan fingerprint density at radius 3 is 2.75 bits per heavy atom. The second-order valence-corrected chi connectivity index (χ2v) is 8.86. The number of ether oxygens (including phenoxy) is 1. The first-order chi connectivity index (χ1) is 13.3. The van der Waals surface area contributed by atoms with Crippen LogP contribution in [-0.4, -0.2) is 44.0 Å². The monoisotopic (exact) mass is 419 g/mol. The van der Waals surface area contributed by atoms with Gasteiger partial charge in [-0.1, -0.05) is 23.7 Å². The molecule has 0 saturated carbocycles. The molecule has 7 nitrogen and oxygen atoms in total. The lowest BCUT2D eigenvalue weighted by atomic mass is 10.1. The number of anilines is 1. The van der Waals surface area contributed by atoms with E-state index in [2.05, 4.69) is 9.71 Å². The van der Waals surface area contributed by atoms with Crippen LogP contribution >= 0.6 is 11.6 Å². The molecule has 4 rings (SSSR count). The van der Waals surface area contributed by atoms with Gasteiger partial charge >= 0.3 is 10.2 Å². The van der Waals surface area contributed by atoms with Crippen LogP contribution < -0.4 is 10.2 Å². The number of nitrogens with one attached hydrogen (secondary N) is 1. The van der Waals surface area contributed by atoms with Gasteiger partial charge in [-0.15, -0.1) is 0 Å². The Bertz CT molecular complexity index is 1230. The standard InChI is InChI=1S/C19H18ClN3O4S/c1-23(15-6-7-27-11-15)28(25,26)22-14-4-2-12-3-5-18-17(8-13(20)10-21-18)19(24)16(12)9-14/h2-5,8-10,15,22H,6-7,11H2,1H3/t15-/m1/s1. The summed E-state index contributed by atoms with van der Waals surface area (Å²) in [5, 5.41) is 1.80. The van der Waals surface area contributed by atoms with Crippen LogP contribution in [-0.2, 0) is 14.9 Å². The molecule has 2 heterocycles. The second kappa shape index (κ2) is 7.29. The molecule has 1 atom stereocenters. The third-order valence-electron chi connectivity index (χ3n) is 4.89.